The third-order valence-electron chi connectivity index (χ3n) is 4.13. The van der Waals surface area contributed by atoms with E-state index in [-0.39, 0.29) is 23.4 Å². The van der Waals surface area contributed by atoms with Gasteiger partial charge < -0.3 is 10.1 Å². The predicted molar refractivity (Wildman–Crippen MR) is 99.1 cm³/mol. The van der Waals surface area contributed by atoms with Crippen LogP contribution in [0, 0.1) is 18.8 Å². The Hall–Kier alpha value is -1.75. The second kappa shape index (κ2) is 9.52. The topological polar surface area (TPSA) is 55.4 Å². The summed E-state index contributed by atoms with van der Waals surface area (Å²) in [5.41, 5.74) is 1.87. The molecule has 0 aliphatic heterocycles. The van der Waals surface area contributed by atoms with Crippen molar-refractivity contribution in [2.75, 3.05) is 23.4 Å². The van der Waals surface area contributed by atoms with E-state index in [0.717, 1.165) is 24.1 Å². The fourth-order valence-electron chi connectivity index (χ4n) is 2.63. The van der Waals surface area contributed by atoms with Crippen molar-refractivity contribution in [2.24, 2.45) is 11.8 Å². The van der Waals surface area contributed by atoms with Crippen molar-refractivity contribution in [3.63, 3.8) is 0 Å². The van der Waals surface area contributed by atoms with E-state index in [4.69, 9.17) is 4.74 Å². The minimum atomic E-state index is -0.245. The van der Waals surface area contributed by atoms with Crippen LogP contribution in [0.15, 0.2) is 36.4 Å². The molecule has 5 heteroatoms. The van der Waals surface area contributed by atoms with E-state index in [0.29, 0.717) is 18.4 Å². The number of hydrogen-bond acceptors (Lipinski definition) is 4. The van der Waals surface area contributed by atoms with Gasteiger partial charge in [-0.25, -0.2) is 0 Å². The molecule has 2 unspecified atom stereocenters. The Morgan fingerprint density at radius 1 is 1.25 bits per heavy atom. The lowest BCUT2D eigenvalue weighted by atomic mass is 9.85. The molecule has 1 aliphatic carbocycles. The molecular weight excluding hydrogens is 322 g/mol. The summed E-state index contributed by atoms with van der Waals surface area (Å²) in [6, 6.07) is 7.64. The molecule has 1 N–H and O–H groups in total. The largest absolute Gasteiger partial charge is 0.465 e. The zero-order valence-electron chi connectivity index (χ0n) is 14.3. The highest BCUT2D eigenvalue weighted by Crippen LogP contribution is 2.25. The van der Waals surface area contributed by atoms with Gasteiger partial charge in [-0.05, 0) is 49.3 Å². The Morgan fingerprint density at radius 3 is 2.79 bits per heavy atom. The molecule has 1 aliphatic rings. The molecule has 130 valence electrons. The number of rotatable bonds is 7. The second-order valence-electron chi connectivity index (χ2n) is 6.27. The van der Waals surface area contributed by atoms with Gasteiger partial charge in [-0.15, -0.1) is 11.8 Å². The maximum atomic E-state index is 11.9. The molecule has 0 spiro atoms. The molecule has 0 saturated heterocycles. The lowest BCUT2D eigenvalue weighted by Gasteiger charge is -2.24. The van der Waals surface area contributed by atoms with E-state index in [9.17, 15) is 9.59 Å². The van der Waals surface area contributed by atoms with Crippen molar-refractivity contribution in [3.05, 3.63) is 42.0 Å². The fraction of sp³-hybridized carbons (Fsp3) is 0.474. The molecule has 0 aromatic heterocycles. The number of ether oxygens (including phenoxy) is 1. The number of aryl methyl sites for hydroxylation is 1. The van der Waals surface area contributed by atoms with Crippen molar-refractivity contribution < 1.29 is 14.3 Å². The number of anilines is 1. The van der Waals surface area contributed by atoms with Gasteiger partial charge in [0.25, 0.3) is 0 Å². The van der Waals surface area contributed by atoms with Gasteiger partial charge in [0.05, 0.1) is 18.1 Å². The molecule has 0 fully saturated rings. The fourth-order valence-corrected chi connectivity index (χ4v) is 3.24. The summed E-state index contributed by atoms with van der Waals surface area (Å²) in [4.78, 5) is 23.6. The van der Waals surface area contributed by atoms with Crippen molar-refractivity contribution in [3.8, 4) is 0 Å². The van der Waals surface area contributed by atoms with E-state index in [1.807, 2.05) is 31.2 Å². The van der Waals surface area contributed by atoms with Crippen molar-refractivity contribution >= 4 is 29.3 Å². The second-order valence-corrected chi connectivity index (χ2v) is 7.26. The molecule has 1 aromatic carbocycles. The molecular formula is C19H25NO3S. The molecule has 24 heavy (non-hydrogen) atoms. The highest BCUT2D eigenvalue weighted by Gasteiger charge is 2.20. The monoisotopic (exact) mass is 347 g/mol. The van der Waals surface area contributed by atoms with Crippen LogP contribution >= 0.6 is 11.8 Å². The number of benzene rings is 1. The number of carbonyl (C=O) groups is 2. The van der Waals surface area contributed by atoms with Crippen molar-refractivity contribution in [1.29, 1.82) is 0 Å². The highest BCUT2D eigenvalue weighted by molar-refractivity contribution is 8.00. The highest BCUT2D eigenvalue weighted by atomic mass is 32.2. The number of nitrogens with one attached hydrogen (secondary N) is 1. The molecule has 2 rings (SSSR count). The Morgan fingerprint density at radius 2 is 2.04 bits per heavy atom. The van der Waals surface area contributed by atoms with Gasteiger partial charge in [-0.2, -0.15) is 0 Å². The van der Waals surface area contributed by atoms with Gasteiger partial charge in [0, 0.05) is 5.69 Å². The Kier molecular flexibility index (Phi) is 7.37. The summed E-state index contributed by atoms with van der Waals surface area (Å²) in [5, 5.41) is 2.83. The average molecular weight is 347 g/mol. The summed E-state index contributed by atoms with van der Waals surface area (Å²) in [6.45, 7) is 4.64. The van der Waals surface area contributed by atoms with Crippen LogP contribution in [-0.4, -0.2) is 30.0 Å². The van der Waals surface area contributed by atoms with E-state index in [2.05, 4.69) is 24.4 Å². The minimum Gasteiger partial charge on any atom is -0.465 e. The summed E-state index contributed by atoms with van der Waals surface area (Å²) < 4.78 is 5.34. The zero-order chi connectivity index (χ0) is 17.4. The molecule has 0 heterocycles. The van der Waals surface area contributed by atoms with E-state index in [1.165, 1.54) is 11.8 Å². The van der Waals surface area contributed by atoms with Crippen LogP contribution < -0.4 is 5.32 Å². The minimum absolute atomic E-state index is 0.107. The first-order chi connectivity index (χ1) is 11.5. The lowest BCUT2D eigenvalue weighted by molar-refractivity contribution is -0.142. The number of hydrogen-bond donors (Lipinski definition) is 1. The van der Waals surface area contributed by atoms with Crippen molar-refractivity contribution in [2.45, 2.75) is 26.7 Å². The van der Waals surface area contributed by atoms with Crippen LogP contribution in [0.2, 0.25) is 0 Å². The molecule has 0 saturated carbocycles. The summed E-state index contributed by atoms with van der Waals surface area (Å²) in [7, 11) is 0. The molecule has 1 aromatic rings. The van der Waals surface area contributed by atoms with E-state index < -0.39 is 0 Å². The average Bonchev–Trinajstić information content (AvgIpc) is 2.54. The third-order valence-corrected chi connectivity index (χ3v) is 5.04. The van der Waals surface area contributed by atoms with Crippen LogP contribution in [-0.2, 0) is 14.3 Å². The summed E-state index contributed by atoms with van der Waals surface area (Å²) >= 11 is 1.28. The summed E-state index contributed by atoms with van der Waals surface area (Å²) in [6.07, 6.45) is 6.37. The Balaban J connectivity index is 1.61. The third kappa shape index (κ3) is 6.40. The number of carbonyl (C=O) groups excluding carboxylic acids is 2. The zero-order valence-corrected chi connectivity index (χ0v) is 15.1. The number of amides is 1. The Bertz CT molecular complexity index is 600. The number of allylic oxidation sites excluding steroid dienone is 2. The van der Waals surface area contributed by atoms with Crippen LogP contribution in [0.5, 0.6) is 0 Å². The van der Waals surface area contributed by atoms with Crippen LogP contribution in [0.25, 0.3) is 0 Å². The van der Waals surface area contributed by atoms with Gasteiger partial charge in [0.15, 0.2) is 0 Å². The van der Waals surface area contributed by atoms with Gasteiger partial charge in [-0.3, -0.25) is 9.59 Å². The van der Waals surface area contributed by atoms with Crippen molar-refractivity contribution in [1.82, 2.24) is 0 Å². The predicted octanol–water partition coefficient (Wildman–Crippen LogP) is 3.81. The van der Waals surface area contributed by atoms with E-state index >= 15 is 0 Å². The van der Waals surface area contributed by atoms with Gasteiger partial charge in [0.2, 0.25) is 5.91 Å². The van der Waals surface area contributed by atoms with Gasteiger partial charge in [-0.1, -0.05) is 31.2 Å². The molecule has 1 amide bonds. The smallest absolute Gasteiger partial charge is 0.315 e. The van der Waals surface area contributed by atoms with Crippen LogP contribution in [0.3, 0.4) is 0 Å². The van der Waals surface area contributed by atoms with Gasteiger partial charge >= 0.3 is 5.97 Å². The van der Waals surface area contributed by atoms with E-state index in [1.54, 1.807) is 0 Å². The van der Waals surface area contributed by atoms with Gasteiger partial charge in [0.1, 0.15) is 0 Å². The first-order valence-corrected chi connectivity index (χ1v) is 9.45. The maximum Gasteiger partial charge on any atom is 0.315 e. The molecule has 4 nitrogen and oxygen atoms in total. The molecule has 0 radical (unpaired) electrons. The summed E-state index contributed by atoms with van der Waals surface area (Å²) in [5.74, 6) is 1.06. The van der Waals surface area contributed by atoms with Crippen LogP contribution in [0.1, 0.15) is 25.3 Å². The molecule has 0 bridgehead atoms. The van der Waals surface area contributed by atoms with Crippen LogP contribution in [0.4, 0.5) is 5.69 Å². The lowest BCUT2D eigenvalue weighted by Crippen LogP contribution is -2.22. The Labute approximate surface area is 148 Å². The first-order valence-electron chi connectivity index (χ1n) is 8.29. The number of esters is 1. The maximum absolute atomic E-state index is 11.9. The number of thioether (sulfide) groups is 1. The standard InChI is InChI=1S/C19H25NO3S/c1-14-6-5-9-17(10-14)20-18(21)12-24-13-19(22)23-11-16-8-4-3-7-15(16)2/h3-6,9-10,15-16H,7-8,11-13H2,1-2H3,(H,20,21). The molecule has 2 atom stereocenters. The quantitative estimate of drug-likeness (QED) is 0.602. The normalized spacial score (nSPS) is 19.8. The SMILES string of the molecule is Cc1cccc(NC(=O)CSCC(=O)OCC2CC=CCC2C)c1. The first kappa shape index (κ1) is 18.6.